The van der Waals surface area contributed by atoms with Crippen molar-refractivity contribution in [2.45, 2.75) is 13.1 Å². The van der Waals surface area contributed by atoms with Crippen LogP contribution in [-0.4, -0.2) is 12.6 Å². The Bertz CT molecular complexity index is 736. The van der Waals surface area contributed by atoms with Crippen LogP contribution in [0.2, 0.25) is 5.02 Å². The number of benzene rings is 2. The molecule has 0 aliphatic carbocycles. The van der Waals surface area contributed by atoms with Crippen LogP contribution in [-0.2, 0) is 6.18 Å². The molecule has 0 atom stereocenters. The van der Waals surface area contributed by atoms with Crippen LogP contribution in [0.3, 0.4) is 0 Å². The van der Waals surface area contributed by atoms with Crippen molar-refractivity contribution in [3.63, 3.8) is 0 Å². The molecule has 0 fully saturated rings. The van der Waals surface area contributed by atoms with Gasteiger partial charge in [-0.3, -0.25) is 0 Å². The van der Waals surface area contributed by atoms with Gasteiger partial charge in [-0.25, -0.2) is 4.79 Å². The minimum atomic E-state index is -4.64. The van der Waals surface area contributed by atoms with Crippen LogP contribution in [0, 0.1) is 0 Å². The highest BCUT2D eigenvalue weighted by atomic mass is 35.5. The Morgan fingerprint density at radius 2 is 1.79 bits per heavy atom. The third-order valence-corrected chi connectivity index (χ3v) is 3.21. The molecule has 0 radical (unpaired) electrons. The van der Waals surface area contributed by atoms with E-state index in [9.17, 15) is 18.0 Å². The van der Waals surface area contributed by atoms with E-state index in [1.54, 1.807) is 31.2 Å². The molecule has 0 aromatic heterocycles. The van der Waals surface area contributed by atoms with Gasteiger partial charge in [-0.1, -0.05) is 23.7 Å². The molecule has 2 aromatic carbocycles. The lowest BCUT2D eigenvalue weighted by molar-refractivity contribution is -0.136. The summed E-state index contributed by atoms with van der Waals surface area (Å²) in [6.45, 7) is 2.16. The number of carbonyl (C=O) groups is 1. The van der Waals surface area contributed by atoms with Crippen molar-refractivity contribution in [1.82, 2.24) is 0 Å². The van der Waals surface area contributed by atoms with Crippen LogP contribution in [0.25, 0.3) is 0 Å². The third-order valence-electron chi connectivity index (χ3n) is 2.97. The fraction of sp³-hybridized carbons (Fsp3) is 0.188. The summed E-state index contributed by atoms with van der Waals surface area (Å²) in [4.78, 5) is 12.0. The molecule has 0 aliphatic heterocycles. The molecule has 128 valence electrons. The molecule has 24 heavy (non-hydrogen) atoms. The molecule has 4 nitrogen and oxygen atoms in total. The number of nitrogens with one attached hydrogen (secondary N) is 2. The normalized spacial score (nSPS) is 11.0. The zero-order valence-electron chi connectivity index (χ0n) is 12.6. The average molecular weight is 359 g/mol. The van der Waals surface area contributed by atoms with Gasteiger partial charge in [0.2, 0.25) is 0 Å². The van der Waals surface area contributed by atoms with Crippen molar-refractivity contribution < 1.29 is 22.7 Å². The van der Waals surface area contributed by atoms with E-state index in [1.807, 2.05) is 0 Å². The van der Waals surface area contributed by atoms with E-state index in [0.29, 0.717) is 18.0 Å². The molecule has 2 N–H and O–H groups in total. The topological polar surface area (TPSA) is 50.4 Å². The number of urea groups is 1. The van der Waals surface area contributed by atoms with Crippen LogP contribution in [0.5, 0.6) is 5.75 Å². The Balaban J connectivity index is 2.19. The fourth-order valence-electron chi connectivity index (χ4n) is 1.99. The molecular formula is C16H14ClF3N2O2. The second-order valence-corrected chi connectivity index (χ2v) is 5.13. The van der Waals surface area contributed by atoms with Gasteiger partial charge < -0.3 is 15.4 Å². The molecule has 0 saturated heterocycles. The summed E-state index contributed by atoms with van der Waals surface area (Å²) in [5.41, 5.74) is -1.07. The lowest BCUT2D eigenvalue weighted by Gasteiger charge is -2.15. The van der Waals surface area contributed by atoms with Gasteiger partial charge in [-0.15, -0.1) is 0 Å². The molecule has 2 amide bonds. The van der Waals surface area contributed by atoms with Crippen molar-refractivity contribution in [2.75, 3.05) is 17.2 Å². The van der Waals surface area contributed by atoms with Crippen molar-refractivity contribution in [3.8, 4) is 5.75 Å². The summed E-state index contributed by atoms with van der Waals surface area (Å²) < 4.78 is 44.4. The molecule has 2 aromatic rings. The van der Waals surface area contributed by atoms with E-state index < -0.39 is 23.5 Å². The van der Waals surface area contributed by atoms with E-state index in [1.165, 1.54) is 6.07 Å². The summed E-state index contributed by atoms with van der Waals surface area (Å²) in [6.07, 6.45) is -4.64. The molecule has 0 heterocycles. The highest BCUT2D eigenvalue weighted by molar-refractivity contribution is 6.30. The van der Waals surface area contributed by atoms with Gasteiger partial charge >= 0.3 is 12.2 Å². The van der Waals surface area contributed by atoms with Gasteiger partial charge in [0.1, 0.15) is 5.75 Å². The number of rotatable bonds is 4. The maximum atomic E-state index is 13.0. The molecule has 0 bridgehead atoms. The zero-order valence-corrected chi connectivity index (χ0v) is 13.3. The second kappa shape index (κ2) is 7.44. The van der Waals surface area contributed by atoms with Crippen LogP contribution in [0.1, 0.15) is 12.5 Å². The van der Waals surface area contributed by atoms with Crippen LogP contribution in [0.15, 0.2) is 42.5 Å². The first-order valence-electron chi connectivity index (χ1n) is 6.98. The first-order valence-corrected chi connectivity index (χ1v) is 7.35. The Labute approximate surface area is 141 Å². The minimum absolute atomic E-state index is 0.0741. The molecular weight excluding hydrogens is 345 g/mol. The number of para-hydroxylation sites is 2. The van der Waals surface area contributed by atoms with Gasteiger partial charge in [0, 0.05) is 5.02 Å². The van der Waals surface area contributed by atoms with Crippen LogP contribution < -0.4 is 15.4 Å². The minimum Gasteiger partial charge on any atom is -0.492 e. The zero-order chi connectivity index (χ0) is 17.7. The van der Waals surface area contributed by atoms with Gasteiger partial charge in [-0.05, 0) is 37.3 Å². The maximum Gasteiger partial charge on any atom is 0.418 e. The maximum absolute atomic E-state index is 13.0. The largest absolute Gasteiger partial charge is 0.492 e. The van der Waals surface area contributed by atoms with Gasteiger partial charge in [0.25, 0.3) is 0 Å². The van der Waals surface area contributed by atoms with Gasteiger partial charge in [0.15, 0.2) is 0 Å². The number of anilines is 2. The molecule has 0 spiro atoms. The second-order valence-electron chi connectivity index (χ2n) is 4.70. The lowest BCUT2D eigenvalue weighted by Crippen LogP contribution is -2.22. The van der Waals surface area contributed by atoms with E-state index in [2.05, 4.69) is 10.6 Å². The summed E-state index contributed by atoms with van der Waals surface area (Å²) in [6, 6.07) is 8.90. The predicted octanol–water partition coefficient (Wildman–Crippen LogP) is 5.40. The Hall–Kier alpha value is -2.41. The molecule has 0 saturated carbocycles. The summed E-state index contributed by atoms with van der Waals surface area (Å²) in [7, 11) is 0. The Morgan fingerprint density at radius 1 is 1.12 bits per heavy atom. The van der Waals surface area contributed by atoms with E-state index in [0.717, 1.165) is 12.1 Å². The van der Waals surface area contributed by atoms with E-state index in [4.69, 9.17) is 16.3 Å². The number of hydrogen-bond acceptors (Lipinski definition) is 2. The standard InChI is InChI=1S/C16H14ClF3N2O2/c1-2-24-14-6-4-3-5-13(14)22-15(23)21-12-8-7-10(17)9-11(12)16(18,19)20/h3-9H,2H2,1H3,(H2,21,22,23). The SMILES string of the molecule is CCOc1ccccc1NC(=O)Nc1ccc(Cl)cc1C(F)(F)F. The first kappa shape index (κ1) is 17.9. The smallest absolute Gasteiger partial charge is 0.418 e. The number of alkyl halides is 3. The molecule has 0 aliphatic rings. The lowest BCUT2D eigenvalue weighted by atomic mass is 10.1. The summed E-state index contributed by atoms with van der Waals surface area (Å²) in [5, 5.41) is 4.57. The summed E-state index contributed by atoms with van der Waals surface area (Å²) >= 11 is 5.60. The Morgan fingerprint density at radius 3 is 2.46 bits per heavy atom. The number of hydrogen-bond donors (Lipinski definition) is 2. The van der Waals surface area contributed by atoms with Gasteiger partial charge in [0.05, 0.1) is 23.5 Å². The van der Waals surface area contributed by atoms with Crippen molar-refractivity contribution in [1.29, 1.82) is 0 Å². The predicted molar refractivity (Wildman–Crippen MR) is 86.7 cm³/mol. The number of amides is 2. The number of halogens is 4. The monoisotopic (exact) mass is 358 g/mol. The highest BCUT2D eigenvalue weighted by Gasteiger charge is 2.34. The highest BCUT2D eigenvalue weighted by Crippen LogP contribution is 2.36. The first-order chi connectivity index (χ1) is 11.3. The number of carbonyl (C=O) groups excluding carboxylic acids is 1. The van der Waals surface area contributed by atoms with Crippen LogP contribution in [0.4, 0.5) is 29.3 Å². The molecule has 8 heteroatoms. The Kier molecular flexibility index (Phi) is 5.56. The van der Waals surface area contributed by atoms with Crippen molar-refractivity contribution >= 4 is 29.0 Å². The molecule has 2 rings (SSSR count). The quantitative estimate of drug-likeness (QED) is 0.768. The summed E-state index contributed by atoms with van der Waals surface area (Å²) in [5.74, 6) is 0.419. The van der Waals surface area contributed by atoms with Crippen LogP contribution >= 0.6 is 11.6 Å². The van der Waals surface area contributed by atoms with Crippen molar-refractivity contribution in [2.24, 2.45) is 0 Å². The van der Waals surface area contributed by atoms with Crippen molar-refractivity contribution in [3.05, 3.63) is 53.1 Å². The average Bonchev–Trinajstić information content (AvgIpc) is 2.50. The number of ether oxygens (including phenoxy) is 1. The van der Waals surface area contributed by atoms with E-state index in [-0.39, 0.29) is 5.02 Å². The van der Waals surface area contributed by atoms with E-state index >= 15 is 0 Å². The fourth-order valence-corrected chi connectivity index (χ4v) is 2.16. The van der Waals surface area contributed by atoms with Gasteiger partial charge in [-0.2, -0.15) is 13.2 Å². The molecule has 0 unspecified atom stereocenters. The third kappa shape index (κ3) is 4.55.